The van der Waals surface area contributed by atoms with Crippen LogP contribution in [-0.2, 0) is 10.0 Å². The van der Waals surface area contributed by atoms with Crippen LogP contribution in [0.2, 0.25) is 0 Å². The molecule has 4 N–H and O–H groups in total. The van der Waals surface area contributed by atoms with Gasteiger partial charge < -0.3 is 15.3 Å². The minimum atomic E-state index is -4.30. The quantitative estimate of drug-likeness (QED) is 0.449. The molecule has 0 spiro atoms. The van der Waals surface area contributed by atoms with E-state index in [1.807, 2.05) is 0 Å². The van der Waals surface area contributed by atoms with E-state index in [0.29, 0.717) is 18.9 Å². The third-order valence-corrected chi connectivity index (χ3v) is 6.16. The average Bonchev–Trinajstić information content (AvgIpc) is 3.49. The zero-order valence-electron chi connectivity index (χ0n) is 15.7. The van der Waals surface area contributed by atoms with E-state index in [4.69, 9.17) is 5.11 Å². The lowest BCUT2D eigenvalue weighted by Crippen LogP contribution is -2.22. The van der Waals surface area contributed by atoms with Crippen LogP contribution in [0.1, 0.15) is 29.2 Å². The van der Waals surface area contributed by atoms with Crippen LogP contribution in [-0.4, -0.2) is 38.8 Å². The van der Waals surface area contributed by atoms with Crippen LogP contribution in [0.4, 0.5) is 10.1 Å². The van der Waals surface area contributed by atoms with E-state index in [1.54, 1.807) is 0 Å². The summed E-state index contributed by atoms with van der Waals surface area (Å²) in [6.07, 6.45) is 1.37. The Bertz CT molecular complexity index is 1370. The fraction of sp³-hybridized carbons (Fsp3) is 0.158. The second-order valence-electron chi connectivity index (χ2n) is 6.97. The number of nitrogens with zero attached hydrogens (tertiary/aromatic N) is 2. The highest BCUT2D eigenvalue weighted by atomic mass is 32.2. The number of aromatic carboxylic acids is 1. The van der Waals surface area contributed by atoms with Crippen molar-refractivity contribution in [1.29, 1.82) is 0 Å². The number of carboxylic acid groups (broad SMARTS) is 1. The fourth-order valence-corrected chi connectivity index (χ4v) is 4.22. The smallest absolute Gasteiger partial charge is 0.338 e. The number of aromatic hydroxyl groups is 2. The van der Waals surface area contributed by atoms with Gasteiger partial charge in [0, 0.05) is 6.04 Å². The number of anilines is 1. The molecule has 0 aliphatic heterocycles. The molecule has 0 atom stereocenters. The molecule has 0 unspecified atom stereocenters. The molecule has 10 nitrogen and oxygen atoms in total. The zero-order valence-corrected chi connectivity index (χ0v) is 16.5. The predicted octanol–water partition coefficient (Wildman–Crippen LogP) is 2.02. The standard InChI is InChI=1S/C19H16FN3O7S/c20-15-7-6-13(9-14(15)18(26)27)31(29,30)21-10-2-1-3-12(8-10)23-17(25)16(24)22(19(23)28)11-4-5-11/h1-3,6-9,11,21,24-25H,4-5H2,(H,26,27). The lowest BCUT2D eigenvalue weighted by atomic mass is 10.2. The first-order valence-electron chi connectivity index (χ1n) is 9.01. The molecule has 0 saturated heterocycles. The van der Waals surface area contributed by atoms with Gasteiger partial charge in [-0.3, -0.25) is 9.29 Å². The Balaban J connectivity index is 1.70. The highest BCUT2D eigenvalue weighted by Gasteiger charge is 2.32. The second-order valence-corrected chi connectivity index (χ2v) is 8.65. The maximum atomic E-state index is 13.6. The first kappa shape index (κ1) is 20.5. The number of sulfonamides is 1. The maximum Gasteiger partial charge on any atom is 0.338 e. The molecule has 1 aromatic heterocycles. The summed E-state index contributed by atoms with van der Waals surface area (Å²) in [5.74, 6) is -3.96. The summed E-state index contributed by atoms with van der Waals surface area (Å²) < 4.78 is 43.0. The van der Waals surface area contributed by atoms with Gasteiger partial charge in [0.05, 0.1) is 21.8 Å². The zero-order chi connectivity index (χ0) is 22.5. The van der Waals surface area contributed by atoms with E-state index in [9.17, 15) is 32.6 Å². The van der Waals surface area contributed by atoms with Crippen LogP contribution >= 0.6 is 0 Å². The largest absolute Gasteiger partial charge is 0.491 e. The highest BCUT2D eigenvalue weighted by molar-refractivity contribution is 7.92. The van der Waals surface area contributed by atoms with Crippen molar-refractivity contribution in [3.63, 3.8) is 0 Å². The number of benzene rings is 2. The van der Waals surface area contributed by atoms with Gasteiger partial charge in [-0.25, -0.2) is 27.0 Å². The van der Waals surface area contributed by atoms with Crippen molar-refractivity contribution in [1.82, 2.24) is 9.13 Å². The van der Waals surface area contributed by atoms with Crippen LogP contribution in [0.15, 0.2) is 52.2 Å². The van der Waals surface area contributed by atoms with Gasteiger partial charge >= 0.3 is 11.7 Å². The van der Waals surface area contributed by atoms with Crippen molar-refractivity contribution in [3.05, 3.63) is 64.3 Å². The van der Waals surface area contributed by atoms with Gasteiger partial charge in [0.15, 0.2) is 0 Å². The van der Waals surface area contributed by atoms with Crippen molar-refractivity contribution in [2.75, 3.05) is 4.72 Å². The van der Waals surface area contributed by atoms with Gasteiger partial charge in [0.2, 0.25) is 0 Å². The van der Waals surface area contributed by atoms with Crippen molar-refractivity contribution in [2.24, 2.45) is 0 Å². The Labute approximate surface area is 174 Å². The van der Waals surface area contributed by atoms with Crippen molar-refractivity contribution in [3.8, 4) is 17.4 Å². The molecule has 0 radical (unpaired) electrons. The van der Waals surface area contributed by atoms with E-state index in [0.717, 1.165) is 21.3 Å². The Morgan fingerprint density at radius 1 is 1.10 bits per heavy atom. The van der Waals surface area contributed by atoms with E-state index in [1.165, 1.54) is 24.3 Å². The monoisotopic (exact) mass is 449 g/mol. The Hall–Kier alpha value is -3.80. The molecule has 0 amide bonds. The van der Waals surface area contributed by atoms with Crippen LogP contribution in [0.3, 0.4) is 0 Å². The van der Waals surface area contributed by atoms with Gasteiger partial charge in [-0.05, 0) is 49.2 Å². The molecule has 1 aliphatic rings. The van der Waals surface area contributed by atoms with Gasteiger partial charge in [-0.15, -0.1) is 0 Å². The molecule has 2 aromatic carbocycles. The van der Waals surface area contributed by atoms with Crippen LogP contribution < -0.4 is 10.4 Å². The fourth-order valence-electron chi connectivity index (χ4n) is 3.15. The first-order valence-corrected chi connectivity index (χ1v) is 10.5. The number of nitrogens with one attached hydrogen (secondary N) is 1. The maximum absolute atomic E-state index is 13.6. The molecule has 1 aliphatic carbocycles. The number of carbonyl (C=O) groups is 1. The van der Waals surface area contributed by atoms with E-state index in [-0.39, 0.29) is 17.4 Å². The highest BCUT2D eigenvalue weighted by Crippen LogP contribution is 2.40. The number of hydrogen-bond acceptors (Lipinski definition) is 6. The SMILES string of the molecule is O=C(O)c1cc(S(=O)(=O)Nc2cccc(-n3c(O)c(O)n(C4CC4)c3=O)c2)ccc1F. The molecule has 1 saturated carbocycles. The van der Waals surface area contributed by atoms with Gasteiger partial charge in [0.1, 0.15) is 5.82 Å². The molecule has 31 heavy (non-hydrogen) atoms. The van der Waals surface area contributed by atoms with Crippen LogP contribution in [0.25, 0.3) is 5.69 Å². The molecule has 0 bridgehead atoms. The van der Waals surface area contributed by atoms with E-state index >= 15 is 0 Å². The van der Waals surface area contributed by atoms with Crippen molar-refractivity contribution < 1.29 is 32.9 Å². The third-order valence-electron chi connectivity index (χ3n) is 4.78. The van der Waals surface area contributed by atoms with Gasteiger partial charge in [-0.2, -0.15) is 0 Å². The molecular weight excluding hydrogens is 433 g/mol. The molecular formula is C19H16FN3O7S. The lowest BCUT2D eigenvalue weighted by Gasteiger charge is -2.11. The predicted molar refractivity (Wildman–Crippen MR) is 106 cm³/mol. The van der Waals surface area contributed by atoms with Crippen LogP contribution in [0, 0.1) is 5.82 Å². The summed E-state index contributed by atoms with van der Waals surface area (Å²) in [4.78, 5) is 23.2. The lowest BCUT2D eigenvalue weighted by molar-refractivity contribution is 0.0691. The third kappa shape index (κ3) is 3.61. The van der Waals surface area contributed by atoms with Gasteiger partial charge in [0.25, 0.3) is 21.8 Å². The number of hydrogen-bond donors (Lipinski definition) is 4. The molecule has 162 valence electrons. The van der Waals surface area contributed by atoms with E-state index in [2.05, 4.69) is 4.72 Å². The summed E-state index contributed by atoms with van der Waals surface area (Å²) >= 11 is 0. The van der Waals surface area contributed by atoms with Gasteiger partial charge in [-0.1, -0.05) is 6.07 Å². The summed E-state index contributed by atoms with van der Waals surface area (Å²) in [7, 11) is -4.30. The number of aromatic nitrogens is 2. The van der Waals surface area contributed by atoms with Crippen molar-refractivity contribution >= 4 is 21.7 Å². The molecule has 1 fully saturated rings. The minimum Gasteiger partial charge on any atom is -0.491 e. The number of halogens is 1. The normalized spacial score (nSPS) is 13.8. The molecule has 12 heteroatoms. The first-order chi connectivity index (χ1) is 14.6. The summed E-state index contributed by atoms with van der Waals surface area (Å²) in [5, 5.41) is 29.3. The second kappa shape index (κ2) is 7.16. The minimum absolute atomic E-state index is 0.0105. The Morgan fingerprint density at radius 2 is 1.81 bits per heavy atom. The summed E-state index contributed by atoms with van der Waals surface area (Å²) in [6, 6.07) is 7.58. The average molecular weight is 449 g/mol. The van der Waals surface area contributed by atoms with Crippen molar-refractivity contribution in [2.45, 2.75) is 23.8 Å². The summed E-state index contributed by atoms with van der Waals surface area (Å²) in [6.45, 7) is 0. The van der Waals surface area contributed by atoms with E-state index < -0.39 is 49.7 Å². The number of imidazole rings is 1. The molecule has 3 aromatic rings. The summed E-state index contributed by atoms with van der Waals surface area (Å²) in [5.41, 5.74) is -1.40. The Kier molecular flexibility index (Phi) is 4.73. The molecule has 4 rings (SSSR count). The topological polar surface area (TPSA) is 151 Å². The Morgan fingerprint density at radius 3 is 2.45 bits per heavy atom. The number of rotatable bonds is 6. The van der Waals surface area contributed by atoms with Crippen LogP contribution in [0.5, 0.6) is 11.8 Å². The molecule has 1 heterocycles. The number of carboxylic acids is 1.